The van der Waals surface area contributed by atoms with E-state index < -0.39 is 11.7 Å². The van der Waals surface area contributed by atoms with Gasteiger partial charge in [0.2, 0.25) is 0 Å². The third-order valence-electron chi connectivity index (χ3n) is 2.64. The van der Waals surface area contributed by atoms with Gasteiger partial charge in [0.1, 0.15) is 0 Å². The maximum Gasteiger partial charge on any atom is 0.416 e. The van der Waals surface area contributed by atoms with Gasteiger partial charge in [-0.2, -0.15) is 13.2 Å². The van der Waals surface area contributed by atoms with Crippen molar-refractivity contribution in [2.75, 3.05) is 33.4 Å². The highest BCUT2D eigenvalue weighted by molar-refractivity contribution is 5.85. The van der Waals surface area contributed by atoms with Crippen LogP contribution in [0.3, 0.4) is 0 Å². The predicted octanol–water partition coefficient (Wildman–Crippen LogP) is 2.53. The summed E-state index contributed by atoms with van der Waals surface area (Å²) in [5, 5.41) is 0. The minimum atomic E-state index is -4.31. The number of alkyl halides is 3. The molecule has 7 heteroatoms. The number of halogens is 4. The molecule has 0 saturated carbocycles. The van der Waals surface area contributed by atoms with Gasteiger partial charge in [-0.3, -0.25) is 4.90 Å². The smallest absolute Gasteiger partial charge is 0.379 e. The minimum absolute atomic E-state index is 0. The van der Waals surface area contributed by atoms with Crippen molar-refractivity contribution in [3.8, 4) is 0 Å². The molecule has 0 radical (unpaired) electrons. The molecule has 0 aliphatic rings. The quantitative estimate of drug-likeness (QED) is 0.786. The average Bonchev–Trinajstić information content (AvgIpc) is 2.34. The summed E-state index contributed by atoms with van der Waals surface area (Å²) >= 11 is 0. The summed E-state index contributed by atoms with van der Waals surface area (Å²) in [5.74, 6) is 0. The highest BCUT2D eigenvalue weighted by Gasteiger charge is 2.32. The highest BCUT2D eigenvalue weighted by Crippen LogP contribution is 2.32. The first kappa shape index (κ1) is 19.2. The van der Waals surface area contributed by atoms with Crippen LogP contribution in [-0.2, 0) is 17.5 Å². The van der Waals surface area contributed by atoms with Gasteiger partial charge in [0.25, 0.3) is 0 Å². The van der Waals surface area contributed by atoms with Crippen LogP contribution in [0.5, 0.6) is 0 Å². The first-order valence-corrected chi connectivity index (χ1v) is 6.06. The second-order valence-electron chi connectivity index (χ2n) is 4.29. The monoisotopic (exact) mass is 312 g/mol. The van der Waals surface area contributed by atoms with E-state index in [-0.39, 0.29) is 24.5 Å². The van der Waals surface area contributed by atoms with Crippen LogP contribution in [0, 0.1) is 0 Å². The maximum atomic E-state index is 12.8. The second-order valence-corrected chi connectivity index (χ2v) is 4.29. The Kier molecular flexibility index (Phi) is 8.80. The fourth-order valence-corrected chi connectivity index (χ4v) is 1.71. The molecule has 0 saturated heterocycles. The van der Waals surface area contributed by atoms with Crippen LogP contribution >= 0.6 is 12.4 Å². The van der Waals surface area contributed by atoms with Gasteiger partial charge in [0, 0.05) is 19.6 Å². The van der Waals surface area contributed by atoms with Crippen molar-refractivity contribution in [2.45, 2.75) is 12.7 Å². The number of nitrogens with zero attached hydrogens (tertiary/aromatic N) is 1. The predicted molar refractivity (Wildman–Crippen MR) is 74.9 cm³/mol. The Bertz CT molecular complexity index is 388. The van der Waals surface area contributed by atoms with Crippen LogP contribution in [0.2, 0.25) is 0 Å². The van der Waals surface area contributed by atoms with Crippen molar-refractivity contribution in [3.63, 3.8) is 0 Å². The summed E-state index contributed by atoms with van der Waals surface area (Å²) in [7, 11) is 1.76. The molecule has 0 unspecified atom stereocenters. The summed E-state index contributed by atoms with van der Waals surface area (Å²) in [5.41, 5.74) is 4.97. The summed E-state index contributed by atoms with van der Waals surface area (Å²) < 4.78 is 43.6. The SMILES string of the molecule is CN(CCOCCN)Cc1ccccc1C(F)(F)F.Cl. The van der Waals surface area contributed by atoms with Gasteiger partial charge in [-0.05, 0) is 18.7 Å². The van der Waals surface area contributed by atoms with Gasteiger partial charge in [-0.25, -0.2) is 0 Å². The molecule has 0 aromatic heterocycles. The maximum absolute atomic E-state index is 12.8. The van der Waals surface area contributed by atoms with Gasteiger partial charge in [0.15, 0.2) is 0 Å². The molecule has 2 N–H and O–H groups in total. The van der Waals surface area contributed by atoms with E-state index in [2.05, 4.69) is 0 Å². The molecule has 3 nitrogen and oxygen atoms in total. The van der Waals surface area contributed by atoms with Gasteiger partial charge >= 0.3 is 6.18 Å². The van der Waals surface area contributed by atoms with E-state index in [1.807, 2.05) is 0 Å². The van der Waals surface area contributed by atoms with Gasteiger partial charge < -0.3 is 10.5 Å². The molecule has 0 bridgehead atoms. The van der Waals surface area contributed by atoms with Crippen molar-refractivity contribution in [1.29, 1.82) is 0 Å². The molecule has 1 aromatic rings. The first-order valence-electron chi connectivity index (χ1n) is 6.06. The summed E-state index contributed by atoms with van der Waals surface area (Å²) in [6.07, 6.45) is -4.31. The summed E-state index contributed by atoms with van der Waals surface area (Å²) in [6.45, 7) is 2.17. The number of nitrogens with two attached hydrogens (primary N) is 1. The molecule has 0 spiro atoms. The van der Waals surface area contributed by atoms with Gasteiger partial charge in [-0.1, -0.05) is 18.2 Å². The Balaban J connectivity index is 0.00000361. The Morgan fingerprint density at radius 1 is 1.20 bits per heavy atom. The van der Waals surface area contributed by atoms with Gasteiger partial charge in [0.05, 0.1) is 18.8 Å². The number of benzene rings is 1. The molecule has 1 rings (SSSR count). The molecule has 0 aliphatic heterocycles. The number of ether oxygens (including phenoxy) is 1. The lowest BCUT2D eigenvalue weighted by atomic mass is 10.1. The topological polar surface area (TPSA) is 38.5 Å². The van der Waals surface area contributed by atoms with Crippen molar-refractivity contribution in [1.82, 2.24) is 4.90 Å². The zero-order chi connectivity index (χ0) is 14.3. The number of hydrogen-bond acceptors (Lipinski definition) is 3. The largest absolute Gasteiger partial charge is 0.416 e. The molecule has 0 aliphatic carbocycles. The van der Waals surface area contributed by atoms with Crippen molar-refractivity contribution < 1.29 is 17.9 Å². The molecule has 1 aromatic carbocycles. The second kappa shape index (κ2) is 9.18. The lowest BCUT2D eigenvalue weighted by Crippen LogP contribution is -2.25. The van der Waals surface area contributed by atoms with Crippen molar-refractivity contribution >= 4 is 12.4 Å². The standard InChI is InChI=1S/C13H19F3N2O.ClH/c1-18(7-9-19-8-6-17)10-11-4-2-3-5-12(11)13(14,15)16;/h2-5H,6-10,17H2,1H3;1H. The van der Waals surface area contributed by atoms with Gasteiger partial charge in [-0.15, -0.1) is 12.4 Å². The van der Waals surface area contributed by atoms with Crippen LogP contribution in [0.15, 0.2) is 24.3 Å². The molecule has 0 fully saturated rings. The van der Waals surface area contributed by atoms with Crippen LogP contribution in [0.25, 0.3) is 0 Å². The van der Waals surface area contributed by atoms with E-state index in [1.54, 1.807) is 18.0 Å². The molecule has 116 valence electrons. The number of rotatable bonds is 7. The Morgan fingerprint density at radius 2 is 1.85 bits per heavy atom. The lowest BCUT2D eigenvalue weighted by Gasteiger charge is -2.19. The van der Waals surface area contributed by atoms with E-state index in [0.717, 1.165) is 6.07 Å². The zero-order valence-electron chi connectivity index (χ0n) is 11.3. The zero-order valence-corrected chi connectivity index (χ0v) is 12.1. The molecule has 20 heavy (non-hydrogen) atoms. The van der Waals surface area contributed by atoms with E-state index in [1.165, 1.54) is 12.1 Å². The average molecular weight is 313 g/mol. The number of likely N-dealkylation sites (N-methyl/N-ethyl adjacent to an activating group) is 1. The van der Waals surface area contributed by atoms with E-state index >= 15 is 0 Å². The summed E-state index contributed by atoms with van der Waals surface area (Å²) in [6, 6.07) is 5.62. The van der Waals surface area contributed by atoms with Crippen molar-refractivity contribution in [3.05, 3.63) is 35.4 Å². The molecular weight excluding hydrogens is 293 g/mol. The lowest BCUT2D eigenvalue weighted by molar-refractivity contribution is -0.138. The van der Waals surface area contributed by atoms with Crippen molar-refractivity contribution in [2.24, 2.45) is 5.73 Å². The molecular formula is C13H20ClF3N2O. The molecule has 0 atom stereocenters. The Labute approximate surface area is 123 Å². The van der Waals surface area contributed by atoms with Crippen LogP contribution < -0.4 is 5.73 Å². The summed E-state index contributed by atoms with van der Waals surface area (Å²) in [4.78, 5) is 1.79. The van der Waals surface area contributed by atoms with Crippen LogP contribution in [0.4, 0.5) is 13.2 Å². The van der Waals surface area contributed by atoms with Crippen LogP contribution in [-0.4, -0.2) is 38.3 Å². The normalized spacial score (nSPS) is 11.5. The fourth-order valence-electron chi connectivity index (χ4n) is 1.71. The number of hydrogen-bond donors (Lipinski definition) is 1. The van der Waals surface area contributed by atoms with E-state index in [0.29, 0.717) is 26.3 Å². The van der Waals surface area contributed by atoms with E-state index in [9.17, 15) is 13.2 Å². The highest BCUT2D eigenvalue weighted by atomic mass is 35.5. The Hall–Kier alpha value is -0.820. The van der Waals surface area contributed by atoms with E-state index in [4.69, 9.17) is 10.5 Å². The minimum Gasteiger partial charge on any atom is -0.379 e. The molecule has 0 amide bonds. The first-order chi connectivity index (χ1) is 8.95. The Morgan fingerprint density at radius 3 is 2.45 bits per heavy atom. The third kappa shape index (κ3) is 6.56. The third-order valence-corrected chi connectivity index (χ3v) is 2.64. The fraction of sp³-hybridized carbons (Fsp3) is 0.538. The van der Waals surface area contributed by atoms with Crippen LogP contribution in [0.1, 0.15) is 11.1 Å². The molecule has 0 heterocycles.